The highest BCUT2D eigenvalue weighted by atomic mass is 16.5. The number of hydrogen-bond acceptors (Lipinski definition) is 4. The van der Waals surface area contributed by atoms with Crippen LogP contribution in [0.3, 0.4) is 0 Å². The Balaban J connectivity index is 2.48. The summed E-state index contributed by atoms with van der Waals surface area (Å²) in [6, 6.07) is 0. The Hall–Kier alpha value is -1.10. The van der Waals surface area contributed by atoms with E-state index < -0.39 is 0 Å². The molecule has 0 aromatic carbocycles. The van der Waals surface area contributed by atoms with Gasteiger partial charge in [-0.05, 0) is 12.8 Å². The molecule has 0 atom stereocenters. The summed E-state index contributed by atoms with van der Waals surface area (Å²) in [6.07, 6.45) is 5.44. The van der Waals surface area contributed by atoms with Crippen LogP contribution in [0.1, 0.15) is 38.5 Å². The fourth-order valence-corrected chi connectivity index (χ4v) is 2.39. The molecule has 0 aromatic rings. The Morgan fingerprint density at radius 2 is 1.89 bits per heavy atom. The molecule has 1 aliphatic carbocycles. The van der Waals surface area contributed by atoms with Gasteiger partial charge in [0.25, 0.3) is 0 Å². The molecule has 5 nitrogen and oxygen atoms in total. The molecule has 18 heavy (non-hydrogen) atoms. The monoisotopic (exact) mass is 257 g/mol. The maximum absolute atomic E-state index is 12.3. The van der Waals surface area contributed by atoms with E-state index in [1.54, 1.807) is 4.90 Å². The summed E-state index contributed by atoms with van der Waals surface area (Å²) in [6.45, 7) is 0.564. The number of amides is 1. The average molecular weight is 257 g/mol. The van der Waals surface area contributed by atoms with Crippen LogP contribution in [-0.2, 0) is 14.3 Å². The molecular weight excluding hydrogens is 234 g/mol. The quantitative estimate of drug-likeness (QED) is 0.719. The second kappa shape index (κ2) is 8.08. The number of ether oxygens (including phenoxy) is 1. The topological polar surface area (TPSA) is 66.8 Å². The third-order valence-electron chi connectivity index (χ3n) is 3.45. The molecule has 0 unspecified atom stereocenters. The summed E-state index contributed by atoms with van der Waals surface area (Å²) in [5.41, 5.74) is 0. The van der Waals surface area contributed by atoms with Gasteiger partial charge in [-0.3, -0.25) is 9.59 Å². The molecule has 0 spiro atoms. The summed E-state index contributed by atoms with van der Waals surface area (Å²) in [7, 11) is 1.33. The van der Waals surface area contributed by atoms with E-state index in [-0.39, 0.29) is 30.8 Å². The van der Waals surface area contributed by atoms with E-state index in [0.29, 0.717) is 13.1 Å². The Morgan fingerprint density at radius 3 is 2.44 bits per heavy atom. The molecule has 0 radical (unpaired) electrons. The lowest BCUT2D eigenvalue weighted by atomic mass is 9.88. The van der Waals surface area contributed by atoms with Gasteiger partial charge in [0, 0.05) is 19.0 Å². The van der Waals surface area contributed by atoms with Crippen LogP contribution in [0.15, 0.2) is 0 Å². The van der Waals surface area contributed by atoms with Crippen LogP contribution in [0.4, 0.5) is 0 Å². The number of esters is 1. The highest BCUT2D eigenvalue weighted by Crippen LogP contribution is 2.25. The van der Waals surface area contributed by atoms with Crippen molar-refractivity contribution in [1.29, 1.82) is 0 Å². The van der Waals surface area contributed by atoms with Crippen molar-refractivity contribution in [3.63, 3.8) is 0 Å². The van der Waals surface area contributed by atoms with Crippen LogP contribution in [0.2, 0.25) is 0 Å². The van der Waals surface area contributed by atoms with Gasteiger partial charge in [-0.2, -0.15) is 0 Å². The maximum Gasteiger partial charge on any atom is 0.307 e. The molecular formula is C13H23NO4. The number of hydrogen-bond donors (Lipinski definition) is 1. The largest absolute Gasteiger partial charge is 0.469 e. The molecule has 1 N–H and O–H groups in total. The molecule has 1 amide bonds. The van der Waals surface area contributed by atoms with E-state index in [1.165, 1.54) is 13.5 Å². The molecule has 1 fully saturated rings. The fraction of sp³-hybridized carbons (Fsp3) is 0.846. The van der Waals surface area contributed by atoms with E-state index in [1.807, 2.05) is 0 Å². The zero-order chi connectivity index (χ0) is 13.4. The van der Waals surface area contributed by atoms with Crippen LogP contribution >= 0.6 is 0 Å². The molecule has 0 aromatic heterocycles. The van der Waals surface area contributed by atoms with Crippen molar-refractivity contribution < 1.29 is 19.4 Å². The fourth-order valence-electron chi connectivity index (χ4n) is 2.39. The summed E-state index contributed by atoms with van der Waals surface area (Å²) in [5.74, 6) is -0.176. The third kappa shape index (κ3) is 4.64. The van der Waals surface area contributed by atoms with Crippen LogP contribution < -0.4 is 0 Å². The Labute approximate surface area is 108 Å². The van der Waals surface area contributed by atoms with Crippen LogP contribution in [-0.4, -0.2) is 48.7 Å². The van der Waals surface area contributed by atoms with Gasteiger partial charge in [0.1, 0.15) is 0 Å². The van der Waals surface area contributed by atoms with E-state index in [4.69, 9.17) is 5.11 Å². The first-order chi connectivity index (χ1) is 8.69. The highest BCUT2D eigenvalue weighted by molar-refractivity contribution is 5.79. The van der Waals surface area contributed by atoms with Crippen LogP contribution in [0.5, 0.6) is 0 Å². The Kier molecular flexibility index (Phi) is 6.72. The minimum atomic E-state index is -0.325. The molecule has 0 heterocycles. The standard InChI is InChI=1S/C13H23NO4/c1-18-12(16)7-8-14(9-10-15)13(17)11-5-3-2-4-6-11/h11,15H,2-10H2,1H3. The van der Waals surface area contributed by atoms with E-state index in [0.717, 1.165) is 25.7 Å². The minimum Gasteiger partial charge on any atom is -0.469 e. The first-order valence-corrected chi connectivity index (χ1v) is 6.65. The van der Waals surface area contributed by atoms with Crippen molar-refractivity contribution in [3.05, 3.63) is 0 Å². The minimum absolute atomic E-state index is 0.0698. The molecule has 1 rings (SSSR count). The normalized spacial score (nSPS) is 16.3. The molecule has 0 saturated heterocycles. The number of nitrogens with zero attached hydrogens (tertiary/aromatic N) is 1. The third-order valence-corrected chi connectivity index (χ3v) is 3.45. The lowest BCUT2D eigenvalue weighted by Crippen LogP contribution is -2.40. The Morgan fingerprint density at radius 1 is 1.22 bits per heavy atom. The SMILES string of the molecule is COC(=O)CCN(CCO)C(=O)C1CCCCC1. The zero-order valence-electron chi connectivity index (χ0n) is 11.1. The molecule has 0 aliphatic heterocycles. The molecule has 5 heteroatoms. The lowest BCUT2D eigenvalue weighted by molar-refractivity contribution is -0.143. The van der Waals surface area contributed by atoms with Gasteiger partial charge >= 0.3 is 5.97 Å². The van der Waals surface area contributed by atoms with Gasteiger partial charge in [0.05, 0.1) is 20.1 Å². The van der Waals surface area contributed by atoms with E-state index >= 15 is 0 Å². The second-order valence-corrected chi connectivity index (χ2v) is 4.71. The van der Waals surface area contributed by atoms with Crippen molar-refractivity contribution in [2.45, 2.75) is 38.5 Å². The average Bonchev–Trinajstić information content (AvgIpc) is 2.43. The molecule has 104 valence electrons. The molecule has 1 aliphatic rings. The summed E-state index contributed by atoms with van der Waals surface area (Å²) >= 11 is 0. The summed E-state index contributed by atoms with van der Waals surface area (Å²) < 4.78 is 4.56. The number of carbonyl (C=O) groups excluding carboxylic acids is 2. The summed E-state index contributed by atoms with van der Waals surface area (Å²) in [5, 5.41) is 9.00. The van der Waals surface area contributed by atoms with Gasteiger partial charge in [-0.25, -0.2) is 0 Å². The predicted octanol–water partition coefficient (Wildman–Crippen LogP) is 0.951. The van der Waals surface area contributed by atoms with Gasteiger partial charge in [0.15, 0.2) is 0 Å². The van der Waals surface area contributed by atoms with Crippen molar-refractivity contribution in [2.75, 3.05) is 26.8 Å². The number of aliphatic hydroxyl groups excluding tert-OH is 1. The number of methoxy groups -OCH3 is 1. The zero-order valence-corrected chi connectivity index (χ0v) is 11.1. The molecule has 0 bridgehead atoms. The van der Waals surface area contributed by atoms with Crippen LogP contribution in [0.25, 0.3) is 0 Å². The van der Waals surface area contributed by atoms with Crippen molar-refractivity contribution >= 4 is 11.9 Å². The molecule has 1 saturated carbocycles. The first-order valence-electron chi connectivity index (χ1n) is 6.65. The van der Waals surface area contributed by atoms with Gasteiger partial charge in [-0.15, -0.1) is 0 Å². The predicted molar refractivity (Wildman–Crippen MR) is 66.9 cm³/mol. The van der Waals surface area contributed by atoms with Crippen LogP contribution in [0, 0.1) is 5.92 Å². The smallest absolute Gasteiger partial charge is 0.307 e. The Bertz CT molecular complexity index is 274. The van der Waals surface area contributed by atoms with Gasteiger partial charge in [-0.1, -0.05) is 19.3 Å². The number of aliphatic hydroxyl groups is 1. The van der Waals surface area contributed by atoms with Crippen molar-refractivity contribution in [2.24, 2.45) is 5.92 Å². The summed E-state index contributed by atoms with van der Waals surface area (Å²) in [4.78, 5) is 24.9. The maximum atomic E-state index is 12.3. The van der Waals surface area contributed by atoms with Gasteiger partial charge in [0.2, 0.25) is 5.91 Å². The highest BCUT2D eigenvalue weighted by Gasteiger charge is 2.25. The second-order valence-electron chi connectivity index (χ2n) is 4.71. The number of carbonyl (C=O) groups is 2. The number of rotatable bonds is 6. The first kappa shape index (κ1) is 15.0. The van der Waals surface area contributed by atoms with E-state index in [2.05, 4.69) is 4.74 Å². The van der Waals surface area contributed by atoms with Gasteiger partial charge < -0.3 is 14.7 Å². The van der Waals surface area contributed by atoms with Crippen molar-refractivity contribution in [3.8, 4) is 0 Å². The van der Waals surface area contributed by atoms with E-state index in [9.17, 15) is 9.59 Å². The van der Waals surface area contributed by atoms with Crippen molar-refractivity contribution in [1.82, 2.24) is 4.90 Å². The lowest BCUT2D eigenvalue weighted by Gasteiger charge is -2.28.